The lowest BCUT2D eigenvalue weighted by Gasteiger charge is -2.35. The van der Waals surface area contributed by atoms with Crippen molar-refractivity contribution in [3.63, 3.8) is 0 Å². The summed E-state index contributed by atoms with van der Waals surface area (Å²) in [6.45, 7) is 2.26. The summed E-state index contributed by atoms with van der Waals surface area (Å²) in [5.74, 6) is 0.473. The van der Waals surface area contributed by atoms with Gasteiger partial charge in [0.25, 0.3) is 0 Å². The van der Waals surface area contributed by atoms with Gasteiger partial charge in [-0.25, -0.2) is 9.48 Å². The molecule has 3 heterocycles. The molecule has 0 saturated heterocycles. The first-order valence-corrected chi connectivity index (χ1v) is 15.6. The molecule has 2 N–H and O–H groups in total. The van der Waals surface area contributed by atoms with E-state index in [0.717, 1.165) is 22.4 Å². The van der Waals surface area contributed by atoms with Gasteiger partial charge in [-0.3, -0.25) is 4.79 Å². The highest BCUT2D eigenvalue weighted by Gasteiger charge is 2.42. The number of allylic oxidation sites excluding steroid dienone is 2. The van der Waals surface area contributed by atoms with Crippen molar-refractivity contribution < 1.29 is 24.2 Å². The molecule has 0 bridgehead atoms. The fourth-order valence-electron chi connectivity index (χ4n) is 6.47. The smallest absolute Gasteiger partial charge is 0.337 e. The van der Waals surface area contributed by atoms with Gasteiger partial charge in [0, 0.05) is 40.0 Å². The molecule has 0 spiro atoms. The van der Waals surface area contributed by atoms with Crippen LogP contribution < -0.4 is 14.8 Å². The van der Waals surface area contributed by atoms with E-state index in [9.17, 15) is 14.7 Å². The molecule has 0 unspecified atom stereocenters. The standard InChI is InChI=1S/C36H31N3O5S/c1-21-32-33(23-14-15-29(43-2)30(19-23)44-20-22-9-4-3-5-10-22)34-26(17-24(18-28(34)40)31-13-8-16-45-31)37-35(32)39(38-21)27-12-7-6-11-25(27)36(41)42/h3-16,19,24,33,37H,17-18,20H2,1-2H3,(H,41,42)/t24-,33+/m1/s1. The summed E-state index contributed by atoms with van der Waals surface area (Å²) >= 11 is 1.66. The number of nitrogens with zero attached hydrogens (tertiary/aromatic N) is 2. The Morgan fingerprint density at radius 1 is 1.02 bits per heavy atom. The lowest BCUT2D eigenvalue weighted by atomic mass is 9.73. The van der Waals surface area contributed by atoms with Gasteiger partial charge in [0.15, 0.2) is 17.3 Å². The van der Waals surface area contributed by atoms with Crippen molar-refractivity contribution in [2.75, 3.05) is 12.4 Å². The normalized spacial score (nSPS) is 17.3. The molecule has 2 aromatic heterocycles. The molecule has 45 heavy (non-hydrogen) atoms. The quantitative estimate of drug-likeness (QED) is 0.186. The maximum atomic E-state index is 14.1. The van der Waals surface area contributed by atoms with Crippen molar-refractivity contribution >= 4 is 28.9 Å². The number of carboxylic acid groups (broad SMARTS) is 1. The van der Waals surface area contributed by atoms with Crippen LogP contribution in [0.5, 0.6) is 11.5 Å². The van der Waals surface area contributed by atoms with E-state index in [-0.39, 0.29) is 17.3 Å². The monoisotopic (exact) mass is 617 g/mol. The van der Waals surface area contributed by atoms with Crippen molar-refractivity contribution in [3.05, 3.63) is 134 Å². The van der Waals surface area contributed by atoms with Crippen molar-refractivity contribution in [1.29, 1.82) is 0 Å². The summed E-state index contributed by atoms with van der Waals surface area (Å²) in [5.41, 5.74) is 5.55. The molecule has 0 fully saturated rings. The Morgan fingerprint density at radius 2 is 1.82 bits per heavy atom. The minimum absolute atomic E-state index is 0.0513. The summed E-state index contributed by atoms with van der Waals surface area (Å²) in [6.07, 6.45) is 1.06. The summed E-state index contributed by atoms with van der Waals surface area (Å²) in [7, 11) is 1.61. The SMILES string of the molecule is COc1ccc([C@@H]2C3=C(C[C@@H](c4cccs4)CC3=O)Nc3c2c(C)nn3-c2ccccc2C(=O)O)cc1OCc1ccccc1. The van der Waals surface area contributed by atoms with Gasteiger partial charge in [0.05, 0.1) is 24.1 Å². The van der Waals surface area contributed by atoms with Crippen LogP contribution in [0.15, 0.2) is 102 Å². The Balaban J connectivity index is 1.38. The zero-order chi connectivity index (χ0) is 31.1. The van der Waals surface area contributed by atoms with Crippen molar-refractivity contribution in [2.24, 2.45) is 0 Å². The molecule has 8 nitrogen and oxygen atoms in total. The number of carbonyl (C=O) groups excluding carboxylic acids is 1. The summed E-state index contributed by atoms with van der Waals surface area (Å²) in [5, 5.41) is 20.5. The van der Waals surface area contributed by atoms with E-state index in [2.05, 4.69) is 11.4 Å². The van der Waals surface area contributed by atoms with Gasteiger partial charge in [-0.1, -0.05) is 54.6 Å². The number of methoxy groups -OCH3 is 1. The summed E-state index contributed by atoms with van der Waals surface area (Å²) in [4.78, 5) is 27.5. The van der Waals surface area contributed by atoms with Gasteiger partial charge in [-0.2, -0.15) is 5.10 Å². The van der Waals surface area contributed by atoms with Crippen LogP contribution in [0.25, 0.3) is 5.69 Å². The van der Waals surface area contributed by atoms with Crippen LogP contribution in [0.2, 0.25) is 0 Å². The highest BCUT2D eigenvalue weighted by atomic mass is 32.1. The highest BCUT2D eigenvalue weighted by molar-refractivity contribution is 7.10. The van der Waals surface area contributed by atoms with E-state index in [1.54, 1.807) is 47.4 Å². The predicted octanol–water partition coefficient (Wildman–Crippen LogP) is 7.49. The first kappa shape index (κ1) is 28.6. The Morgan fingerprint density at radius 3 is 2.58 bits per heavy atom. The largest absolute Gasteiger partial charge is 0.493 e. The average molecular weight is 618 g/mol. The minimum Gasteiger partial charge on any atom is -0.493 e. The van der Waals surface area contributed by atoms with Crippen LogP contribution in [0.4, 0.5) is 5.82 Å². The number of thiophene rings is 1. The number of hydrogen-bond donors (Lipinski definition) is 2. The number of fused-ring (bicyclic) bond motifs is 1. The van der Waals surface area contributed by atoms with Crippen LogP contribution in [-0.2, 0) is 11.4 Å². The van der Waals surface area contributed by atoms with Crippen LogP contribution in [-0.4, -0.2) is 33.7 Å². The molecule has 3 aromatic carbocycles. The van der Waals surface area contributed by atoms with Gasteiger partial charge in [0.1, 0.15) is 12.4 Å². The molecule has 0 saturated carbocycles. The number of carbonyl (C=O) groups is 2. The van der Waals surface area contributed by atoms with Gasteiger partial charge in [-0.15, -0.1) is 11.3 Å². The predicted molar refractivity (Wildman–Crippen MR) is 173 cm³/mol. The number of anilines is 1. The van der Waals surface area contributed by atoms with E-state index >= 15 is 0 Å². The fraction of sp³-hybridized carbons (Fsp3) is 0.194. The van der Waals surface area contributed by atoms with E-state index in [1.807, 2.05) is 66.9 Å². The number of aromatic nitrogens is 2. The fourth-order valence-corrected chi connectivity index (χ4v) is 7.30. The maximum Gasteiger partial charge on any atom is 0.337 e. The van der Waals surface area contributed by atoms with Crippen LogP contribution in [0, 0.1) is 6.92 Å². The number of benzene rings is 3. The Kier molecular flexibility index (Phi) is 7.47. The second-order valence-electron chi connectivity index (χ2n) is 11.3. The number of aromatic carboxylic acids is 1. The minimum atomic E-state index is -1.04. The van der Waals surface area contributed by atoms with E-state index in [0.29, 0.717) is 53.7 Å². The third-order valence-corrected chi connectivity index (χ3v) is 9.56. The van der Waals surface area contributed by atoms with Crippen LogP contribution in [0.1, 0.15) is 62.3 Å². The third-order valence-electron chi connectivity index (χ3n) is 8.53. The van der Waals surface area contributed by atoms with E-state index in [1.165, 1.54) is 4.88 Å². The first-order valence-electron chi connectivity index (χ1n) is 14.8. The second-order valence-corrected chi connectivity index (χ2v) is 12.2. The third kappa shape index (κ3) is 5.19. The van der Waals surface area contributed by atoms with Crippen LogP contribution in [0.3, 0.4) is 0 Å². The van der Waals surface area contributed by atoms with E-state index in [4.69, 9.17) is 14.6 Å². The number of aryl methyl sites for hydroxylation is 1. The molecule has 1 aliphatic heterocycles. The molecule has 7 rings (SSSR count). The summed E-state index contributed by atoms with van der Waals surface area (Å²) in [6, 6.07) is 26.6. The van der Waals surface area contributed by atoms with Gasteiger partial charge in [-0.05, 0) is 60.2 Å². The average Bonchev–Trinajstić information content (AvgIpc) is 3.72. The molecular formula is C36H31N3O5S. The number of rotatable bonds is 8. The molecule has 226 valence electrons. The number of ketones is 1. The van der Waals surface area contributed by atoms with E-state index < -0.39 is 11.9 Å². The Hall–Kier alpha value is -5.15. The summed E-state index contributed by atoms with van der Waals surface area (Å²) < 4.78 is 13.6. The van der Waals surface area contributed by atoms with Crippen molar-refractivity contribution in [1.82, 2.24) is 9.78 Å². The Labute approximate surface area is 264 Å². The zero-order valence-electron chi connectivity index (χ0n) is 24.8. The molecule has 2 aliphatic rings. The number of ether oxygens (including phenoxy) is 2. The van der Waals surface area contributed by atoms with Gasteiger partial charge in [0.2, 0.25) is 0 Å². The molecule has 2 atom stereocenters. The number of Topliss-reactive ketones (excluding diaryl/α,β-unsaturated/α-hetero) is 1. The molecular weight excluding hydrogens is 586 g/mol. The highest BCUT2D eigenvalue weighted by Crippen LogP contribution is 2.51. The molecule has 0 radical (unpaired) electrons. The number of nitrogens with one attached hydrogen (secondary N) is 1. The number of carboxylic acids is 1. The first-order chi connectivity index (χ1) is 21.9. The van der Waals surface area contributed by atoms with Gasteiger partial charge >= 0.3 is 5.97 Å². The molecule has 0 amide bonds. The molecule has 5 aromatic rings. The molecule has 1 aliphatic carbocycles. The Bertz CT molecular complexity index is 1940. The topological polar surface area (TPSA) is 103 Å². The van der Waals surface area contributed by atoms with Crippen LogP contribution >= 0.6 is 11.3 Å². The zero-order valence-corrected chi connectivity index (χ0v) is 25.6. The number of para-hydroxylation sites is 1. The van der Waals surface area contributed by atoms with Crippen molar-refractivity contribution in [3.8, 4) is 17.2 Å². The lowest BCUT2D eigenvalue weighted by molar-refractivity contribution is -0.116. The molecule has 9 heteroatoms. The second kappa shape index (κ2) is 11.7. The van der Waals surface area contributed by atoms with Gasteiger partial charge < -0.3 is 19.9 Å². The maximum absolute atomic E-state index is 14.1. The number of hydrogen-bond acceptors (Lipinski definition) is 7. The van der Waals surface area contributed by atoms with Crippen molar-refractivity contribution in [2.45, 2.75) is 38.2 Å². The lowest BCUT2D eigenvalue weighted by Crippen LogP contribution is -2.30.